The quantitative estimate of drug-likeness (QED) is 0.851. The van der Waals surface area contributed by atoms with Crippen LogP contribution in [0.4, 0.5) is 0 Å². The third kappa shape index (κ3) is 3.09. The van der Waals surface area contributed by atoms with E-state index in [2.05, 4.69) is 0 Å². The monoisotopic (exact) mass is 327 g/mol. The van der Waals surface area contributed by atoms with E-state index in [0.29, 0.717) is 0 Å². The number of benzene rings is 1. The van der Waals surface area contributed by atoms with Crippen LogP contribution in [0.2, 0.25) is 0 Å². The fourth-order valence-electron chi connectivity index (χ4n) is 2.95. The van der Waals surface area contributed by atoms with Gasteiger partial charge in [-0.1, -0.05) is 13.8 Å². The summed E-state index contributed by atoms with van der Waals surface area (Å²) in [5.41, 5.74) is -0.401. The second-order valence-corrected chi connectivity index (χ2v) is 6.13. The average Bonchev–Trinajstić information content (AvgIpc) is 2.62. The first-order valence-electron chi connectivity index (χ1n) is 12.5. The number of carbonyl (C=O) groups excluding carboxylic acids is 1. The van der Waals surface area contributed by atoms with Gasteiger partial charge in [0.2, 0.25) is 0 Å². The number of hydrogen-bond donors (Lipinski definition) is 0. The summed E-state index contributed by atoms with van der Waals surface area (Å²) in [6, 6.07) is 0.577. The lowest BCUT2D eigenvalue weighted by Crippen LogP contribution is -2.46. The molecule has 2 aliphatic rings. The van der Waals surface area contributed by atoms with Crippen LogP contribution in [0.15, 0.2) is 12.1 Å². The summed E-state index contributed by atoms with van der Waals surface area (Å²) in [5, 5.41) is 0. The van der Waals surface area contributed by atoms with Gasteiger partial charge in [0.15, 0.2) is 11.5 Å². The van der Waals surface area contributed by atoms with Gasteiger partial charge < -0.3 is 9.47 Å². The Morgan fingerprint density at radius 2 is 2.22 bits per heavy atom. The molecule has 1 aromatic rings. The molecule has 0 saturated carbocycles. The maximum Gasteiger partial charge on any atom is 0.161 e. The van der Waals surface area contributed by atoms with Crippen LogP contribution >= 0.6 is 0 Å². The van der Waals surface area contributed by atoms with Gasteiger partial charge in [0.1, 0.15) is 5.78 Å². The van der Waals surface area contributed by atoms with Gasteiger partial charge in [-0.05, 0) is 42.0 Å². The second kappa shape index (κ2) is 6.52. The second-order valence-electron chi connectivity index (χ2n) is 6.13. The molecule has 0 amide bonds. The smallest absolute Gasteiger partial charge is 0.161 e. The number of nitrogens with zero attached hydrogens (tertiary/aromatic N) is 1. The first-order chi connectivity index (χ1) is 14.8. The zero-order valence-corrected chi connectivity index (χ0v) is 13.4. The first kappa shape index (κ1) is 8.02. The molecule has 0 aliphatic carbocycles. The molecule has 2 atom stereocenters. The number of fused-ring (bicyclic) bond motifs is 3. The van der Waals surface area contributed by atoms with E-state index < -0.39 is 50.5 Å². The highest BCUT2D eigenvalue weighted by Crippen LogP contribution is 2.42. The lowest BCUT2D eigenvalue weighted by atomic mass is 9.80. The number of ketones is 1. The van der Waals surface area contributed by atoms with Crippen molar-refractivity contribution in [2.24, 2.45) is 11.8 Å². The fourth-order valence-corrected chi connectivity index (χ4v) is 2.95. The normalized spacial score (nSPS) is 41.0. The Balaban J connectivity index is 2.31. The zero-order valence-electron chi connectivity index (χ0n) is 23.4. The summed E-state index contributed by atoms with van der Waals surface area (Å²) in [7, 11) is -1.68. The lowest BCUT2D eigenvalue weighted by molar-refractivity contribution is -0.129. The minimum absolute atomic E-state index is 0.0312. The highest BCUT2D eigenvalue weighted by atomic mass is 16.5. The molecule has 1 saturated heterocycles. The molecule has 0 spiro atoms. The van der Waals surface area contributed by atoms with E-state index in [1.807, 2.05) is 0 Å². The topological polar surface area (TPSA) is 38.8 Å². The molecule has 2 heterocycles. The minimum atomic E-state index is -2.89. The van der Waals surface area contributed by atoms with Crippen molar-refractivity contribution in [2.75, 3.05) is 27.2 Å². The zero-order chi connectivity index (χ0) is 25.4. The van der Waals surface area contributed by atoms with E-state index in [1.54, 1.807) is 13.8 Å². The number of hydrogen-bond acceptors (Lipinski definition) is 4. The largest absolute Gasteiger partial charge is 0.493 e. The first-order valence-corrected chi connectivity index (χ1v) is 7.52. The molecule has 0 aromatic heterocycles. The Bertz CT molecular complexity index is 962. The number of carbonyl (C=O) groups is 1. The predicted molar refractivity (Wildman–Crippen MR) is 90.1 cm³/mol. The summed E-state index contributed by atoms with van der Waals surface area (Å²) < 4.78 is 92.6. The van der Waals surface area contributed by atoms with Crippen LogP contribution in [-0.4, -0.2) is 37.9 Å². The highest BCUT2D eigenvalue weighted by Gasteiger charge is 2.38. The average molecular weight is 327 g/mol. The van der Waals surface area contributed by atoms with Gasteiger partial charge in [-0.3, -0.25) is 9.69 Å². The maximum absolute atomic E-state index is 13.2. The Hall–Kier alpha value is -1.55. The molecule has 2 aliphatic heterocycles. The summed E-state index contributed by atoms with van der Waals surface area (Å²) in [5.74, 6) is -3.66. The van der Waals surface area contributed by atoms with Crippen molar-refractivity contribution >= 4 is 5.78 Å². The van der Waals surface area contributed by atoms with E-state index in [9.17, 15) is 4.79 Å². The van der Waals surface area contributed by atoms with Crippen molar-refractivity contribution in [3.8, 4) is 11.5 Å². The molecular weight excluding hydrogens is 290 g/mol. The van der Waals surface area contributed by atoms with Gasteiger partial charge in [-0.15, -0.1) is 0 Å². The molecule has 1 aromatic carbocycles. The third-order valence-corrected chi connectivity index (χ3v) is 3.99. The van der Waals surface area contributed by atoms with Gasteiger partial charge in [-0.25, -0.2) is 0 Å². The Kier molecular flexibility index (Phi) is 2.27. The standard InChI is InChI=1S/C19H27NO3/c1-12(2)7-14-11-20-6-5-13-8-18(22-3)19(23-4)9-15(13)16(20)10-17(14)21/h8-9,12,14,16H,5-7,10-11H2,1-4H3/i4D3,5D2,6D2,10D2,14D. The fraction of sp³-hybridized carbons (Fsp3) is 0.632. The molecule has 126 valence electrons. The van der Waals surface area contributed by atoms with Gasteiger partial charge in [0.25, 0.3) is 0 Å². The van der Waals surface area contributed by atoms with Crippen LogP contribution in [-0.2, 0) is 11.2 Å². The Morgan fingerprint density at radius 3 is 2.91 bits per heavy atom. The van der Waals surface area contributed by atoms with Crippen molar-refractivity contribution in [3.05, 3.63) is 23.3 Å². The molecular formula is C19H27NO3. The van der Waals surface area contributed by atoms with E-state index in [0.717, 1.165) is 17.0 Å². The van der Waals surface area contributed by atoms with Gasteiger partial charge >= 0.3 is 0 Å². The molecule has 0 bridgehead atoms. The Labute approximate surface area is 152 Å². The van der Waals surface area contributed by atoms with E-state index >= 15 is 0 Å². The number of rotatable bonds is 4. The van der Waals surface area contributed by atoms with Crippen LogP contribution in [0.1, 0.15) is 57.5 Å². The molecule has 1 fully saturated rings. The van der Waals surface area contributed by atoms with Gasteiger partial charge in [0, 0.05) is 40.9 Å². The minimum Gasteiger partial charge on any atom is -0.493 e. The molecule has 4 nitrogen and oxygen atoms in total. The SMILES string of the molecule is [2H]C([2H])([2H])Oc1cc2c(cc1OC)C([2H])([2H])C([2H])([2H])N1CC([2H])(CC(C)C)C(=O)C([2H])([2H])C21. The summed E-state index contributed by atoms with van der Waals surface area (Å²) >= 11 is 0. The van der Waals surface area contributed by atoms with Crippen molar-refractivity contribution in [1.29, 1.82) is 0 Å². The number of piperidine rings is 1. The van der Waals surface area contributed by atoms with Crippen molar-refractivity contribution < 1.29 is 28.0 Å². The highest BCUT2D eigenvalue weighted by molar-refractivity contribution is 5.83. The molecule has 23 heavy (non-hydrogen) atoms. The maximum atomic E-state index is 13.2. The summed E-state index contributed by atoms with van der Waals surface area (Å²) in [6.45, 7) is 0.200. The van der Waals surface area contributed by atoms with E-state index in [-0.39, 0.29) is 35.0 Å². The number of aryl methyl sites for hydroxylation is 1. The number of Topliss-reactive ketones (excluding diaryl/α,β-unsaturated/α-hetero) is 1. The number of ether oxygens (including phenoxy) is 2. The predicted octanol–water partition coefficient (Wildman–Crippen LogP) is 3.24. The molecule has 0 N–H and O–H groups in total. The molecule has 0 radical (unpaired) electrons. The Morgan fingerprint density at radius 1 is 1.43 bits per heavy atom. The van der Waals surface area contributed by atoms with Crippen LogP contribution in [0.5, 0.6) is 11.5 Å². The van der Waals surface area contributed by atoms with Crippen LogP contribution < -0.4 is 9.47 Å². The lowest BCUT2D eigenvalue weighted by Gasteiger charge is -2.43. The summed E-state index contributed by atoms with van der Waals surface area (Å²) in [4.78, 5) is 14.1. The van der Waals surface area contributed by atoms with Crippen molar-refractivity contribution in [3.63, 3.8) is 0 Å². The van der Waals surface area contributed by atoms with Crippen LogP contribution in [0.3, 0.4) is 0 Å². The van der Waals surface area contributed by atoms with E-state index in [4.69, 9.17) is 23.2 Å². The van der Waals surface area contributed by atoms with Crippen LogP contribution in [0.25, 0.3) is 0 Å². The third-order valence-electron chi connectivity index (χ3n) is 3.99. The molecule has 4 heteroatoms. The number of methoxy groups -OCH3 is 2. The van der Waals surface area contributed by atoms with Crippen molar-refractivity contribution in [1.82, 2.24) is 4.90 Å². The van der Waals surface area contributed by atoms with E-state index in [1.165, 1.54) is 7.11 Å². The van der Waals surface area contributed by atoms with Crippen LogP contribution in [0, 0.1) is 11.8 Å². The molecule has 2 unspecified atom stereocenters. The van der Waals surface area contributed by atoms with Gasteiger partial charge in [0.05, 0.1) is 18.3 Å². The molecule has 3 rings (SSSR count). The summed E-state index contributed by atoms with van der Waals surface area (Å²) in [6.07, 6.45) is -5.50. The van der Waals surface area contributed by atoms with Gasteiger partial charge in [-0.2, -0.15) is 0 Å². The van der Waals surface area contributed by atoms with Crippen molar-refractivity contribution in [2.45, 2.75) is 39.1 Å².